The van der Waals surface area contributed by atoms with Crippen LogP contribution in [0.5, 0.6) is 0 Å². The van der Waals surface area contributed by atoms with Crippen LogP contribution in [0.3, 0.4) is 0 Å². The van der Waals surface area contributed by atoms with Crippen molar-refractivity contribution in [1.29, 1.82) is 0 Å². The molecule has 1 N–H and O–H groups in total. The number of piperidine rings is 1. The lowest BCUT2D eigenvalue weighted by Crippen LogP contribution is -2.46. The van der Waals surface area contributed by atoms with E-state index in [-0.39, 0.29) is 47.4 Å². The van der Waals surface area contributed by atoms with Crippen LogP contribution in [-0.4, -0.2) is 89.8 Å². The molecular formula is C26H36N4O5. The van der Waals surface area contributed by atoms with E-state index in [1.165, 1.54) is 0 Å². The largest absolute Gasteiger partial charge is 0.378 e. The zero-order valence-corrected chi connectivity index (χ0v) is 20.9. The van der Waals surface area contributed by atoms with Gasteiger partial charge in [0.25, 0.3) is 5.91 Å². The fourth-order valence-electron chi connectivity index (χ4n) is 5.09. The van der Waals surface area contributed by atoms with Crippen LogP contribution in [-0.2, 0) is 19.1 Å². The molecule has 3 saturated heterocycles. The summed E-state index contributed by atoms with van der Waals surface area (Å²) in [6.45, 7) is 9.48. The number of amides is 4. The van der Waals surface area contributed by atoms with Crippen LogP contribution in [0.25, 0.3) is 0 Å². The number of hydrogen-bond acceptors (Lipinski definition) is 5. The Bertz CT molecular complexity index is 974. The number of hydrogen-bond donors (Lipinski definition) is 1. The highest BCUT2D eigenvalue weighted by atomic mass is 16.5. The van der Waals surface area contributed by atoms with Crippen LogP contribution < -0.4 is 5.32 Å². The highest BCUT2D eigenvalue weighted by Crippen LogP contribution is 2.29. The SMILES string of the molecule is CC(C)(C)N1CC(C(=O)N2CCC(C(=O)Nc3ccccc3C(=O)N3CCOCC3)CC2)CC1=O. The third-order valence-corrected chi connectivity index (χ3v) is 7.18. The Kier molecular flexibility index (Phi) is 7.44. The third-order valence-electron chi connectivity index (χ3n) is 7.18. The van der Waals surface area contributed by atoms with Crippen molar-refractivity contribution in [2.45, 2.75) is 45.6 Å². The van der Waals surface area contributed by atoms with Gasteiger partial charge in [-0.05, 0) is 45.7 Å². The number of benzene rings is 1. The first kappa shape index (κ1) is 25.2. The van der Waals surface area contributed by atoms with E-state index in [4.69, 9.17) is 4.74 Å². The number of carbonyl (C=O) groups excluding carboxylic acids is 4. The first-order chi connectivity index (χ1) is 16.6. The molecule has 9 heteroatoms. The number of carbonyl (C=O) groups is 4. The maximum absolute atomic E-state index is 13.1. The molecule has 3 aliphatic rings. The summed E-state index contributed by atoms with van der Waals surface area (Å²) in [5.74, 6) is -0.762. The van der Waals surface area contributed by atoms with Crippen LogP contribution in [0.1, 0.15) is 50.4 Å². The molecule has 35 heavy (non-hydrogen) atoms. The second-order valence-electron chi connectivity index (χ2n) is 10.6. The molecule has 0 radical (unpaired) electrons. The Morgan fingerprint density at radius 3 is 2.23 bits per heavy atom. The monoisotopic (exact) mass is 484 g/mol. The molecule has 190 valence electrons. The first-order valence-corrected chi connectivity index (χ1v) is 12.5. The Morgan fingerprint density at radius 1 is 0.943 bits per heavy atom. The molecular weight excluding hydrogens is 448 g/mol. The third kappa shape index (κ3) is 5.66. The van der Waals surface area contributed by atoms with E-state index in [0.717, 1.165) is 0 Å². The predicted octanol–water partition coefficient (Wildman–Crippen LogP) is 1.98. The summed E-state index contributed by atoms with van der Waals surface area (Å²) in [6, 6.07) is 7.08. The van der Waals surface area contributed by atoms with Gasteiger partial charge in [0.2, 0.25) is 17.7 Å². The number of anilines is 1. The van der Waals surface area contributed by atoms with Crippen molar-refractivity contribution in [1.82, 2.24) is 14.7 Å². The van der Waals surface area contributed by atoms with Crippen molar-refractivity contribution >= 4 is 29.3 Å². The number of ether oxygens (including phenoxy) is 1. The number of rotatable bonds is 4. The van der Waals surface area contributed by atoms with Crippen LogP contribution in [0.15, 0.2) is 24.3 Å². The van der Waals surface area contributed by atoms with Gasteiger partial charge in [-0.1, -0.05) is 12.1 Å². The van der Waals surface area contributed by atoms with Gasteiger partial charge in [-0.3, -0.25) is 19.2 Å². The number of nitrogens with zero attached hydrogens (tertiary/aromatic N) is 3. The van der Waals surface area contributed by atoms with Crippen molar-refractivity contribution in [3.63, 3.8) is 0 Å². The van der Waals surface area contributed by atoms with Gasteiger partial charge in [0, 0.05) is 50.6 Å². The molecule has 1 unspecified atom stereocenters. The molecule has 4 amide bonds. The number of likely N-dealkylation sites (tertiary alicyclic amines) is 2. The van der Waals surface area contributed by atoms with E-state index in [0.29, 0.717) is 70.0 Å². The second-order valence-corrected chi connectivity index (χ2v) is 10.6. The minimum Gasteiger partial charge on any atom is -0.378 e. The molecule has 0 saturated carbocycles. The zero-order valence-electron chi connectivity index (χ0n) is 20.9. The van der Waals surface area contributed by atoms with Crippen LogP contribution in [0.4, 0.5) is 5.69 Å². The molecule has 0 aromatic heterocycles. The smallest absolute Gasteiger partial charge is 0.256 e. The minimum absolute atomic E-state index is 0.00501. The van der Waals surface area contributed by atoms with Crippen molar-refractivity contribution in [2.75, 3.05) is 51.3 Å². The molecule has 0 spiro atoms. The van der Waals surface area contributed by atoms with Gasteiger partial charge in [-0.15, -0.1) is 0 Å². The lowest BCUT2D eigenvalue weighted by Gasteiger charge is -2.34. The maximum atomic E-state index is 13.1. The van der Waals surface area contributed by atoms with Gasteiger partial charge in [-0.2, -0.15) is 0 Å². The van der Waals surface area contributed by atoms with E-state index in [1.54, 1.807) is 39.0 Å². The summed E-state index contributed by atoms with van der Waals surface area (Å²) in [7, 11) is 0. The molecule has 1 aromatic rings. The first-order valence-electron chi connectivity index (χ1n) is 12.5. The summed E-state index contributed by atoms with van der Waals surface area (Å²) >= 11 is 0. The average Bonchev–Trinajstić information content (AvgIpc) is 3.26. The van der Waals surface area contributed by atoms with Gasteiger partial charge >= 0.3 is 0 Å². The molecule has 0 aliphatic carbocycles. The van der Waals surface area contributed by atoms with E-state index in [9.17, 15) is 19.2 Å². The highest BCUT2D eigenvalue weighted by Gasteiger charge is 2.41. The second kappa shape index (κ2) is 10.4. The predicted molar refractivity (Wildman–Crippen MR) is 131 cm³/mol. The molecule has 1 atom stereocenters. The zero-order chi connectivity index (χ0) is 25.2. The van der Waals surface area contributed by atoms with E-state index in [1.807, 2.05) is 20.8 Å². The molecule has 0 bridgehead atoms. The summed E-state index contributed by atoms with van der Waals surface area (Å²) in [6.07, 6.45) is 1.37. The molecule has 9 nitrogen and oxygen atoms in total. The molecule has 3 aliphatic heterocycles. The Labute approximate surface area is 206 Å². The van der Waals surface area contributed by atoms with E-state index >= 15 is 0 Å². The molecule has 3 heterocycles. The van der Waals surface area contributed by atoms with Gasteiger partial charge in [0.1, 0.15) is 0 Å². The lowest BCUT2D eigenvalue weighted by atomic mass is 9.94. The molecule has 4 rings (SSSR count). The van der Waals surface area contributed by atoms with Gasteiger partial charge < -0.3 is 24.8 Å². The van der Waals surface area contributed by atoms with Crippen LogP contribution in [0, 0.1) is 11.8 Å². The van der Waals surface area contributed by atoms with E-state index in [2.05, 4.69) is 5.32 Å². The fourth-order valence-corrected chi connectivity index (χ4v) is 5.09. The number of nitrogens with one attached hydrogen (secondary N) is 1. The van der Waals surface area contributed by atoms with Crippen molar-refractivity contribution < 1.29 is 23.9 Å². The topological polar surface area (TPSA) is 99.3 Å². The van der Waals surface area contributed by atoms with Crippen molar-refractivity contribution in [2.24, 2.45) is 11.8 Å². The van der Waals surface area contributed by atoms with Gasteiger partial charge in [0.15, 0.2) is 0 Å². The van der Waals surface area contributed by atoms with Crippen LogP contribution >= 0.6 is 0 Å². The number of para-hydroxylation sites is 1. The van der Waals surface area contributed by atoms with E-state index < -0.39 is 0 Å². The Hall–Kier alpha value is -2.94. The Balaban J connectivity index is 1.32. The Morgan fingerprint density at radius 2 is 1.60 bits per heavy atom. The normalized spacial score (nSPS) is 21.9. The summed E-state index contributed by atoms with van der Waals surface area (Å²) in [4.78, 5) is 56.8. The highest BCUT2D eigenvalue weighted by molar-refractivity contribution is 6.04. The quantitative estimate of drug-likeness (QED) is 0.705. The summed E-state index contributed by atoms with van der Waals surface area (Å²) in [5.41, 5.74) is 0.695. The maximum Gasteiger partial charge on any atom is 0.256 e. The average molecular weight is 485 g/mol. The number of morpholine rings is 1. The standard InChI is InChI=1S/C26H36N4O5/c1-26(2,3)30-17-19(16-22(30)31)24(33)28-10-8-18(9-11-28)23(32)27-21-7-5-4-6-20(21)25(34)29-12-14-35-15-13-29/h4-7,18-19H,8-17H2,1-3H3,(H,27,32). The lowest BCUT2D eigenvalue weighted by molar-refractivity contribution is -0.138. The van der Waals surface area contributed by atoms with Crippen LogP contribution in [0.2, 0.25) is 0 Å². The summed E-state index contributed by atoms with van der Waals surface area (Å²) in [5, 5.41) is 2.96. The van der Waals surface area contributed by atoms with Crippen molar-refractivity contribution in [3.8, 4) is 0 Å². The van der Waals surface area contributed by atoms with Crippen molar-refractivity contribution in [3.05, 3.63) is 29.8 Å². The minimum atomic E-state index is -0.315. The fraction of sp³-hybridized carbons (Fsp3) is 0.615. The van der Waals surface area contributed by atoms with Gasteiger partial charge in [0.05, 0.1) is 30.4 Å². The molecule has 1 aromatic carbocycles. The summed E-state index contributed by atoms with van der Waals surface area (Å²) < 4.78 is 5.33. The molecule has 3 fully saturated rings. The van der Waals surface area contributed by atoms with Gasteiger partial charge in [-0.25, -0.2) is 0 Å².